The number of carbonyl (C=O) groups is 3. The van der Waals surface area contributed by atoms with Crippen molar-refractivity contribution >= 4 is 23.3 Å². The predicted molar refractivity (Wildman–Crippen MR) is 103 cm³/mol. The second-order valence-corrected chi connectivity index (χ2v) is 6.33. The van der Waals surface area contributed by atoms with Crippen LogP contribution in [0.15, 0.2) is 36.4 Å². The number of nitrogens with one attached hydrogen (secondary N) is 1. The van der Waals surface area contributed by atoms with Crippen molar-refractivity contribution in [3.8, 4) is 17.2 Å². The average molecular weight is 399 g/mol. The van der Waals surface area contributed by atoms with Gasteiger partial charge >= 0.3 is 5.97 Å². The van der Waals surface area contributed by atoms with Crippen molar-refractivity contribution < 1.29 is 33.3 Å². The van der Waals surface area contributed by atoms with Crippen LogP contribution in [-0.4, -0.2) is 38.2 Å². The van der Waals surface area contributed by atoms with Crippen molar-refractivity contribution in [3.63, 3.8) is 0 Å². The molecular formula is C21H21NO7. The van der Waals surface area contributed by atoms with Gasteiger partial charge in [-0.2, -0.15) is 0 Å². The first-order valence-electron chi connectivity index (χ1n) is 9.00. The number of amides is 1. The Bertz CT molecular complexity index is 939. The number of methoxy groups -OCH3 is 1. The molecule has 1 heterocycles. The van der Waals surface area contributed by atoms with Gasteiger partial charge in [-0.15, -0.1) is 0 Å². The quantitative estimate of drug-likeness (QED) is 0.538. The van der Waals surface area contributed by atoms with Crippen LogP contribution in [0.1, 0.15) is 29.3 Å². The molecule has 29 heavy (non-hydrogen) atoms. The Morgan fingerprint density at radius 3 is 2.55 bits per heavy atom. The molecule has 1 aliphatic heterocycles. The molecule has 0 fully saturated rings. The largest absolute Gasteiger partial charge is 0.496 e. The van der Waals surface area contributed by atoms with Gasteiger partial charge < -0.3 is 24.3 Å². The van der Waals surface area contributed by atoms with Crippen LogP contribution in [0.5, 0.6) is 17.2 Å². The minimum atomic E-state index is -0.558. The number of rotatable bonds is 8. The molecule has 1 N–H and O–H groups in total. The minimum Gasteiger partial charge on any atom is -0.496 e. The molecule has 0 radical (unpaired) electrons. The molecule has 0 saturated carbocycles. The molecule has 0 bridgehead atoms. The lowest BCUT2D eigenvalue weighted by Crippen LogP contribution is -2.22. The molecular weight excluding hydrogens is 378 g/mol. The summed E-state index contributed by atoms with van der Waals surface area (Å²) in [5.41, 5.74) is 1.43. The zero-order chi connectivity index (χ0) is 20.8. The molecule has 2 aromatic carbocycles. The van der Waals surface area contributed by atoms with Gasteiger partial charge in [-0.1, -0.05) is 18.2 Å². The fraction of sp³-hybridized carbons (Fsp3) is 0.286. The number of hydrogen-bond donors (Lipinski definition) is 1. The lowest BCUT2D eigenvalue weighted by molar-refractivity contribution is -0.147. The normalized spacial score (nSPS) is 11.7. The zero-order valence-electron chi connectivity index (χ0n) is 16.2. The fourth-order valence-corrected chi connectivity index (χ4v) is 2.89. The van der Waals surface area contributed by atoms with Crippen LogP contribution in [0.25, 0.3) is 0 Å². The minimum absolute atomic E-state index is 0.0495. The maximum absolute atomic E-state index is 12.2. The number of ketones is 1. The highest BCUT2D eigenvalue weighted by atomic mass is 16.7. The average Bonchev–Trinajstić information content (AvgIpc) is 3.17. The van der Waals surface area contributed by atoms with E-state index in [1.807, 2.05) is 24.3 Å². The predicted octanol–water partition coefficient (Wildman–Crippen LogP) is 2.74. The molecule has 0 saturated heterocycles. The third-order valence-corrected chi connectivity index (χ3v) is 4.32. The standard InChI is InChI=1S/C21H21NO7/c1-13(23)15-9-18-19(29-12-28-18)10-16(15)22-20(24)11-27-21(25)8-7-14-5-3-4-6-17(14)26-2/h3-6,9-10H,7-8,11-12H2,1-2H3,(H,22,24). The molecule has 0 aromatic heterocycles. The molecule has 1 amide bonds. The summed E-state index contributed by atoms with van der Waals surface area (Å²) in [4.78, 5) is 36.0. The highest BCUT2D eigenvalue weighted by molar-refractivity contribution is 6.05. The SMILES string of the molecule is COc1ccccc1CCC(=O)OCC(=O)Nc1cc2c(cc1C(C)=O)OCO2. The number of hydrogen-bond acceptors (Lipinski definition) is 7. The summed E-state index contributed by atoms with van der Waals surface area (Å²) in [6.07, 6.45) is 0.539. The number of para-hydroxylation sites is 1. The second kappa shape index (κ2) is 9.09. The summed E-state index contributed by atoms with van der Waals surface area (Å²) in [5, 5.41) is 2.58. The molecule has 0 spiro atoms. The lowest BCUT2D eigenvalue weighted by Gasteiger charge is -2.11. The first-order chi connectivity index (χ1) is 14.0. The Kier molecular flexibility index (Phi) is 6.33. The van der Waals surface area contributed by atoms with E-state index in [2.05, 4.69) is 5.32 Å². The molecule has 3 rings (SSSR count). The molecule has 0 atom stereocenters. The molecule has 0 aliphatic carbocycles. The first-order valence-corrected chi connectivity index (χ1v) is 9.00. The Morgan fingerprint density at radius 1 is 1.10 bits per heavy atom. The van der Waals surface area contributed by atoms with E-state index in [0.717, 1.165) is 5.56 Å². The number of Topliss-reactive ketones (excluding diaryl/α,β-unsaturated/α-hetero) is 1. The van der Waals surface area contributed by atoms with E-state index in [1.54, 1.807) is 7.11 Å². The van der Waals surface area contributed by atoms with Gasteiger partial charge in [-0.05, 0) is 31.0 Å². The van der Waals surface area contributed by atoms with Crippen molar-refractivity contribution in [1.29, 1.82) is 0 Å². The topological polar surface area (TPSA) is 100 Å². The van der Waals surface area contributed by atoms with Crippen LogP contribution in [0.3, 0.4) is 0 Å². The van der Waals surface area contributed by atoms with Gasteiger partial charge in [0.1, 0.15) is 5.75 Å². The number of anilines is 1. The van der Waals surface area contributed by atoms with Crippen LogP contribution in [0, 0.1) is 0 Å². The fourth-order valence-electron chi connectivity index (χ4n) is 2.89. The number of ether oxygens (including phenoxy) is 4. The van der Waals surface area contributed by atoms with Gasteiger partial charge in [-0.25, -0.2) is 0 Å². The number of esters is 1. The first kappa shape index (κ1) is 20.2. The molecule has 152 valence electrons. The highest BCUT2D eigenvalue weighted by Gasteiger charge is 2.20. The molecule has 2 aromatic rings. The van der Waals surface area contributed by atoms with Crippen LogP contribution >= 0.6 is 0 Å². The number of aryl methyl sites for hydroxylation is 1. The van der Waals surface area contributed by atoms with Gasteiger partial charge in [0.05, 0.1) is 12.8 Å². The van der Waals surface area contributed by atoms with Crippen molar-refractivity contribution in [2.45, 2.75) is 19.8 Å². The van der Waals surface area contributed by atoms with Gasteiger partial charge in [0, 0.05) is 18.1 Å². The zero-order valence-corrected chi connectivity index (χ0v) is 16.2. The van der Waals surface area contributed by atoms with Crippen LogP contribution in [0.4, 0.5) is 5.69 Å². The molecule has 1 aliphatic rings. The van der Waals surface area contributed by atoms with E-state index in [9.17, 15) is 14.4 Å². The Labute approximate surface area is 167 Å². The van der Waals surface area contributed by atoms with Crippen molar-refractivity contribution in [2.24, 2.45) is 0 Å². The van der Waals surface area contributed by atoms with E-state index in [4.69, 9.17) is 18.9 Å². The third-order valence-electron chi connectivity index (χ3n) is 4.32. The molecule has 8 heteroatoms. The number of carbonyl (C=O) groups excluding carboxylic acids is 3. The summed E-state index contributed by atoms with van der Waals surface area (Å²) in [7, 11) is 1.56. The van der Waals surface area contributed by atoms with Crippen molar-refractivity contribution in [3.05, 3.63) is 47.5 Å². The highest BCUT2D eigenvalue weighted by Crippen LogP contribution is 2.37. The molecule has 8 nitrogen and oxygen atoms in total. The van der Waals surface area contributed by atoms with Crippen LogP contribution < -0.4 is 19.5 Å². The Hall–Kier alpha value is -3.55. The lowest BCUT2D eigenvalue weighted by atomic mass is 10.1. The van der Waals surface area contributed by atoms with E-state index < -0.39 is 18.5 Å². The second-order valence-electron chi connectivity index (χ2n) is 6.33. The van der Waals surface area contributed by atoms with E-state index in [1.165, 1.54) is 19.1 Å². The Balaban J connectivity index is 1.53. The maximum atomic E-state index is 12.2. The Morgan fingerprint density at radius 2 is 1.83 bits per heavy atom. The number of benzene rings is 2. The van der Waals surface area contributed by atoms with E-state index >= 15 is 0 Å². The summed E-state index contributed by atoms with van der Waals surface area (Å²) in [6, 6.07) is 10.4. The summed E-state index contributed by atoms with van der Waals surface area (Å²) >= 11 is 0. The monoisotopic (exact) mass is 399 g/mol. The molecule has 0 unspecified atom stereocenters. The van der Waals surface area contributed by atoms with Crippen molar-refractivity contribution in [2.75, 3.05) is 25.8 Å². The maximum Gasteiger partial charge on any atom is 0.306 e. The smallest absolute Gasteiger partial charge is 0.306 e. The van der Waals surface area contributed by atoms with Gasteiger partial charge in [0.25, 0.3) is 5.91 Å². The van der Waals surface area contributed by atoms with Gasteiger partial charge in [-0.3, -0.25) is 14.4 Å². The van der Waals surface area contributed by atoms with E-state index in [0.29, 0.717) is 23.7 Å². The third kappa shape index (κ3) is 5.04. The number of fused-ring (bicyclic) bond motifs is 1. The van der Waals surface area contributed by atoms with Crippen LogP contribution in [0.2, 0.25) is 0 Å². The van der Waals surface area contributed by atoms with E-state index in [-0.39, 0.29) is 30.2 Å². The van der Waals surface area contributed by atoms with Gasteiger partial charge in [0.2, 0.25) is 6.79 Å². The summed E-state index contributed by atoms with van der Waals surface area (Å²) < 4.78 is 20.8. The van der Waals surface area contributed by atoms with Gasteiger partial charge in [0.15, 0.2) is 23.9 Å². The summed E-state index contributed by atoms with van der Waals surface area (Å²) in [5.74, 6) is 0.251. The summed E-state index contributed by atoms with van der Waals surface area (Å²) in [6.45, 7) is 0.968. The van der Waals surface area contributed by atoms with Crippen molar-refractivity contribution in [1.82, 2.24) is 0 Å². The van der Waals surface area contributed by atoms with Crippen LogP contribution in [-0.2, 0) is 20.7 Å².